The number of fused-ring (bicyclic) bond motifs is 5. The maximum atomic E-state index is 6.33. The van der Waals surface area contributed by atoms with E-state index in [1.54, 1.807) is 0 Å². The summed E-state index contributed by atoms with van der Waals surface area (Å²) in [5.74, 6) is 2.22. The number of ether oxygens (including phenoxy) is 2. The van der Waals surface area contributed by atoms with Gasteiger partial charge in [-0.2, -0.15) is 0 Å². The van der Waals surface area contributed by atoms with E-state index < -0.39 is 0 Å². The smallest absolute Gasteiger partial charge is 0.161 e. The summed E-state index contributed by atoms with van der Waals surface area (Å²) < 4.78 is 12.6. The fourth-order valence-corrected chi connectivity index (χ4v) is 4.88. The maximum Gasteiger partial charge on any atom is 0.161 e. The lowest BCUT2D eigenvalue weighted by molar-refractivity contribution is -0.125. The Labute approximate surface area is 104 Å². The highest BCUT2D eigenvalue weighted by Gasteiger charge is 2.71. The van der Waals surface area contributed by atoms with E-state index in [9.17, 15) is 0 Å². The van der Waals surface area contributed by atoms with E-state index >= 15 is 0 Å². The standard InChI is InChI=1S/C15H24O2/c1-8-7-9(8)13-16-11-10-5-6-15(4,12(11)17-13)14(10,2)3/h8-13H,5-7H2,1-4H3/t8?,9?,10-,11-,12-,13-,15+/m1/s1. The second-order valence-corrected chi connectivity index (χ2v) is 7.69. The molecule has 3 saturated carbocycles. The molecule has 4 fully saturated rings. The van der Waals surface area contributed by atoms with Gasteiger partial charge in [-0.3, -0.25) is 0 Å². The molecule has 2 bridgehead atoms. The molecule has 1 aliphatic heterocycles. The van der Waals surface area contributed by atoms with Crippen molar-refractivity contribution in [2.45, 2.75) is 65.5 Å². The van der Waals surface area contributed by atoms with E-state index in [0.717, 1.165) is 11.8 Å². The molecule has 0 aromatic carbocycles. The topological polar surface area (TPSA) is 18.5 Å². The normalized spacial score (nSPS) is 62.8. The van der Waals surface area contributed by atoms with Gasteiger partial charge in [-0.05, 0) is 36.5 Å². The Kier molecular flexibility index (Phi) is 1.85. The van der Waals surface area contributed by atoms with Crippen LogP contribution >= 0.6 is 0 Å². The van der Waals surface area contributed by atoms with Gasteiger partial charge in [-0.25, -0.2) is 0 Å². The van der Waals surface area contributed by atoms with Crippen LogP contribution in [0.2, 0.25) is 0 Å². The van der Waals surface area contributed by atoms with Crippen LogP contribution in [0.25, 0.3) is 0 Å². The maximum absolute atomic E-state index is 6.33. The first-order chi connectivity index (χ1) is 7.95. The van der Waals surface area contributed by atoms with Gasteiger partial charge in [0.1, 0.15) is 0 Å². The molecule has 3 aliphatic carbocycles. The number of hydrogen-bond donors (Lipinski definition) is 0. The van der Waals surface area contributed by atoms with E-state index in [1.165, 1.54) is 19.3 Å². The molecule has 2 heteroatoms. The summed E-state index contributed by atoms with van der Waals surface area (Å²) >= 11 is 0. The predicted octanol–water partition coefficient (Wildman–Crippen LogP) is 3.21. The van der Waals surface area contributed by atoms with Crippen LogP contribution in [0.1, 0.15) is 47.0 Å². The highest BCUT2D eigenvalue weighted by Crippen LogP contribution is 2.69. The van der Waals surface area contributed by atoms with Gasteiger partial charge < -0.3 is 9.47 Å². The van der Waals surface area contributed by atoms with E-state index in [4.69, 9.17) is 9.47 Å². The van der Waals surface area contributed by atoms with Crippen LogP contribution in [0.5, 0.6) is 0 Å². The van der Waals surface area contributed by atoms with Crippen LogP contribution in [0, 0.1) is 28.6 Å². The Morgan fingerprint density at radius 3 is 2.41 bits per heavy atom. The highest BCUT2D eigenvalue weighted by atomic mass is 16.7. The van der Waals surface area contributed by atoms with Crippen molar-refractivity contribution in [2.75, 3.05) is 0 Å². The van der Waals surface area contributed by atoms with Gasteiger partial charge in [-0.15, -0.1) is 0 Å². The molecule has 0 aromatic heterocycles. The van der Waals surface area contributed by atoms with Gasteiger partial charge in [0.25, 0.3) is 0 Å². The zero-order chi connectivity index (χ0) is 12.0. The highest BCUT2D eigenvalue weighted by molar-refractivity contribution is 5.17. The molecule has 96 valence electrons. The van der Waals surface area contributed by atoms with Gasteiger partial charge in [-0.1, -0.05) is 27.7 Å². The molecule has 0 radical (unpaired) electrons. The largest absolute Gasteiger partial charge is 0.346 e. The van der Waals surface area contributed by atoms with Gasteiger partial charge in [0.15, 0.2) is 6.29 Å². The monoisotopic (exact) mass is 236 g/mol. The first-order valence-corrected chi connectivity index (χ1v) is 7.26. The summed E-state index contributed by atoms with van der Waals surface area (Å²) in [7, 11) is 0. The molecule has 4 aliphatic rings. The Morgan fingerprint density at radius 2 is 1.82 bits per heavy atom. The van der Waals surface area contributed by atoms with Crippen LogP contribution in [-0.2, 0) is 9.47 Å². The third kappa shape index (κ3) is 1.10. The summed E-state index contributed by atoms with van der Waals surface area (Å²) in [4.78, 5) is 0. The van der Waals surface area contributed by atoms with Crippen molar-refractivity contribution >= 4 is 0 Å². The van der Waals surface area contributed by atoms with Crippen LogP contribution in [0.15, 0.2) is 0 Å². The van der Waals surface area contributed by atoms with Crippen molar-refractivity contribution in [2.24, 2.45) is 28.6 Å². The third-order valence-electron chi connectivity index (χ3n) is 6.79. The molecule has 0 amide bonds. The molecule has 4 rings (SSSR count). The zero-order valence-electron chi connectivity index (χ0n) is 11.4. The first kappa shape index (κ1) is 10.8. The Hall–Kier alpha value is -0.0800. The lowest BCUT2D eigenvalue weighted by atomic mass is 9.70. The van der Waals surface area contributed by atoms with E-state index in [0.29, 0.717) is 29.0 Å². The molecule has 1 heterocycles. The number of rotatable bonds is 1. The fraction of sp³-hybridized carbons (Fsp3) is 1.00. The fourth-order valence-electron chi connectivity index (χ4n) is 4.88. The SMILES string of the molecule is CC1CC1[C@@H]1O[C@@H]2[C@H]3CC[C@@](C)([C@@H]2O1)C3(C)C. The van der Waals surface area contributed by atoms with Crippen molar-refractivity contribution in [1.29, 1.82) is 0 Å². The Bertz CT molecular complexity index is 364. The zero-order valence-corrected chi connectivity index (χ0v) is 11.4. The molecule has 0 spiro atoms. The molecule has 2 unspecified atom stereocenters. The summed E-state index contributed by atoms with van der Waals surface area (Å²) in [5, 5.41) is 0. The van der Waals surface area contributed by atoms with Gasteiger partial charge in [0.05, 0.1) is 12.2 Å². The second-order valence-electron chi connectivity index (χ2n) is 7.69. The third-order valence-corrected chi connectivity index (χ3v) is 6.79. The van der Waals surface area contributed by atoms with Crippen molar-refractivity contribution in [3.8, 4) is 0 Å². The Balaban J connectivity index is 1.62. The minimum Gasteiger partial charge on any atom is -0.346 e. The lowest BCUT2D eigenvalue weighted by Crippen LogP contribution is -2.38. The van der Waals surface area contributed by atoms with Crippen molar-refractivity contribution in [3.05, 3.63) is 0 Å². The van der Waals surface area contributed by atoms with Crippen molar-refractivity contribution in [1.82, 2.24) is 0 Å². The number of hydrogen-bond acceptors (Lipinski definition) is 2. The van der Waals surface area contributed by atoms with Crippen LogP contribution < -0.4 is 0 Å². The quantitative estimate of drug-likeness (QED) is 0.696. The van der Waals surface area contributed by atoms with Crippen LogP contribution in [-0.4, -0.2) is 18.5 Å². The summed E-state index contributed by atoms with van der Waals surface area (Å²) in [6, 6.07) is 0. The summed E-state index contributed by atoms with van der Waals surface area (Å²) in [5.41, 5.74) is 0.734. The van der Waals surface area contributed by atoms with Crippen LogP contribution in [0.4, 0.5) is 0 Å². The van der Waals surface area contributed by atoms with Gasteiger partial charge in [0, 0.05) is 11.3 Å². The lowest BCUT2D eigenvalue weighted by Gasteiger charge is -2.38. The van der Waals surface area contributed by atoms with Crippen LogP contribution in [0.3, 0.4) is 0 Å². The van der Waals surface area contributed by atoms with E-state index in [-0.39, 0.29) is 6.29 Å². The molecule has 1 saturated heterocycles. The van der Waals surface area contributed by atoms with Gasteiger partial charge in [0.2, 0.25) is 0 Å². The molecule has 0 N–H and O–H groups in total. The predicted molar refractivity (Wildman–Crippen MR) is 65.4 cm³/mol. The average molecular weight is 236 g/mol. The molecular formula is C15H24O2. The molecular weight excluding hydrogens is 212 g/mol. The minimum atomic E-state index is 0.121. The van der Waals surface area contributed by atoms with Crippen molar-refractivity contribution < 1.29 is 9.47 Å². The van der Waals surface area contributed by atoms with E-state index in [1.807, 2.05) is 0 Å². The Morgan fingerprint density at radius 1 is 1.12 bits per heavy atom. The molecule has 17 heavy (non-hydrogen) atoms. The van der Waals surface area contributed by atoms with Gasteiger partial charge >= 0.3 is 0 Å². The summed E-state index contributed by atoms with van der Waals surface area (Å²) in [6.07, 6.45) is 4.84. The average Bonchev–Trinajstić information content (AvgIpc) is 2.68. The molecule has 2 nitrogen and oxygen atoms in total. The molecule has 7 atom stereocenters. The second kappa shape index (κ2) is 2.91. The van der Waals surface area contributed by atoms with Crippen molar-refractivity contribution in [3.63, 3.8) is 0 Å². The summed E-state index contributed by atoms with van der Waals surface area (Å²) in [6.45, 7) is 9.58. The molecule has 0 aromatic rings. The minimum absolute atomic E-state index is 0.121. The first-order valence-electron chi connectivity index (χ1n) is 7.26. The van der Waals surface area contributed by atoms with E-state index in [2.05, 4.69) is 27.7 Å².